The molecule has 1 amide bonds. The van der Waals surface area contributed by atoms with Crippen molar-refractivity contribution in [2.24, 2.45) is 5.41 Å². The first-order valence-corrected chi connectivity index (χ1v) is 7.80. The Bertz CT molecular complexity index is 441. The van der Waals surface area contributed by atoms with E-state index >= 15 is 0 Å². The number of benzene rings is 1. The van der Waals surface area contributed by atoms with Gasteiger partial charge in [-0.2, -0.15) is 0 Å². The fraction of sp³-hybridized carbons (Fsp3) is 0.588. The highest BCUT2D eigenvalue weighted by atomic mass is 16.2. The number of nitrogens with one attached hydrogen (secondary N) is 1. The third-order valence-corrected chi connectivity index (χ3v) is 5.04. The third kappa shape index (κ3) is 3.04. The standard InChI is InChI=1S/C17H24N2O/c20-16(14-15-4-2-1-3-5-15)19-12-8-17(9-13-19)6-10-18-11-7-17/h1-5,18H,6-14H2. The molecular formula is C17H24N2O. The topological polar surface area (TPSA) is 32.3 Å². The van der Waals surface area contributed by atoms with Crippen LogP contribution in [-0.4, -0.2) is 37.0 Å². The van der Waals surface area contributed by atoms with E-state index in [4.69, 9.17) is 0 Å². The Morgan fingerprint density at radius 2 is 1.70 bits per heavy atom. The maximum atomic E-state index is 12.4. The summed E-state index contributed by atoms with van der Waals surface area (Å²) in [5, 5.41) is 3.44. The first-order chi connectivity index (χ1) is 9.77. The number of hydrogen-bond acceptors (Lipinski definition) is 2. The second-order valence-corrected chi connectivity index (χ2v) is 6.29. The van der Waals surface area contributed by atoms with Crippen LogP contribution in [0.4, 0.5) is 0 Å². The van der Waals surface area contributed by atoms with Gasteiger partial charge in [-0.1, -0.05) is 30.3 Å². The van der Waals surface area contributed by atoms with Crippen molar-refractivity contribution < 1.29 is 4.79 Å². The first kappa shape index (κ1) is 13.6. The summed E-state index contributed by atoms with van der Waals surface area (Å²) in [6.07, 6.45) is 5.50. The smallest absolute Gasteiger partial charge is 0.226 e. The molecule has 3 rings (SSSR count). The number of hydrogen-bond donors (Lipinski definition) is 1. The zero-order valence-corrected chi connectivity index (χ0v) is 12.1. The van der Waals surface area contributed by atoms with Gasteiger partial charge in [0.25, 0.3) is 0 Å². The summed E-state index contributed by atoms with van der Waals surface area (Å²) in [5.41, 5.74) is 1.65. The quantitative estimate of drug-likeness (QED) is 0.895. The largest absolute Gasteiger partial charge is 0.342 e. The lowest BCUT2D eigenvalue weighted by atomic mass is 9.71. The zero-order chi connectivity index (χ0) is 13.8. The second kappa shape index (κ2) is 5.96. The van der Waals surface area contributed by atoms with E-state index in [1.165, 1.54) is 25.7 Å². The molecule has 3 heteroatoms. The number of rotatable bonds is 2. The number of nitrogens with zero attached hydrogens (tertiary/aromatic N) is 1. The molecule has 1 aromatic carbocycles. The molecule has 1 spiro atoms. The lowest BCUT2D eigenvalue weighted by molar-refractivity contribution is -0.133. The van der Waals surface area contributed by atoms with Crippen LogP contribution in [0.25, 0.3) is 0 Å². The van der Waals surface area contributed by atoms with E-state index in [2.05, 4.69) is 10.2 Å². The second-order valence-electron chi connectivity index (χ2n) is 6.29. The van der Waals surface area contributed by atoms with Crippen molar-refractivity contribution >= 4 is 5.91 Å². The van der Waals surface area contributed by atoms with E-state index in [0.29, 0.717) is 17.7 Å². The molecule has 0 bridgehead atoms. The minimum absolute atomic E-state index is 0.292. The van der Waals surface area contributed by atoms with Gasteiger partial charge in [0.15, 0.2) is 0 Å². The van der Waals surface area contributed by atoms with Crippen LogP contribution in [0.1, 0.15) is 31.2 Å². The van der Waals surface area contributed by atoms with E-state index in [9.17, 15) is 4.79 Å². The molecule has 0 atom stereocenters. The van der Waals surface area contributed by atoms with E-state index in [0.717, 1.165) is 31.7 Å². The van der Waals surface area contributed by atoms with Gasteiger partial charge in [0, 0.05) is 13.1 Å². The molecule has 2 aliphatic heterocycles. The highest BCUT2D eigenvalue weighted by Gasteiger charge is 2.36. The van der Waals surface area contributed by atoms with Gasteiger partial charge in [-0.3, -0.25) is 4.79 Å². The molecule has 1 N–H and O–H groups in total. The molecule has 0 aromatic heterocycles. The Morgan fingerprint density at radius 3 is 2.35 bits per heavy atom. The first-order valence-electron chi connectivity index (χ1n) is 7.80. The van der Waals surface area contributed by atoms with Gasteiger partial charge in [-0.25, -0.2) is 0 Å². The predicted molar refractivity (Wildman–Crippen MR) is 80.5 cm³/mol. The van der Waals surface area contributed by atoms with E-state index < -0.39 is 0 Å². The van der Waals surface area contributed by atoms with Gasteiger partial charge in [0.05, 0.1) is 6.42 Å². The van der Waals surface area contributed by atoms with Crippen molar-refractivity contribution in [3.63, 3.8) is 0 Å². The Kier molecular flexibility index (Phi) is 4.06. The Morgan fingerprint density at radius 1 is 1.05 bits per heavy atom. The monoisotopic (exact) mass is 272 g/mol. The molecule has 0 unspecified atom stereocenters. The van der Waals surface area contributed by atoms with Crippen LogP contribution in [0.15, 0.2) is 30.3 Å². The molecule has 2 saturated heterocycles. The average molecular weight is 272 g/mol. The maximum absolute atomic E-state index is 12.4. The number of piperidine rings is 2. The van der Waals surface area contributed by atoms with Gasteiger partial charge in [-0.15, -0.1) is 0 Å². The van der Waals surface area contributed by atoms with Crippen molar-refractivity contribution in [2.45, 2.75) is 32.1 Å². The number of amides is 1. The van der Waals surface area contributed by atoms with Crippen molar-refractivity contribution in [1.29, 1.82) is 0 Å². The highest BCUT2D eigenvalue weighted by Crippen LogP contribution is 2.39. The Balaban J connectivity index is 1.54. The summed E-state index contributed by atoms with van der Waals surface area (Å²) >= 11 is 0. The van der Waals surface area contributed by atoms with Crippen molar-refractivity contribution in [2.75, 3.05) is 26.2 Å². The summed E-state index contributed by atoms with van der Waals surface area (Å²) in [5.74, 6) is 0.292. The van der Waals surface area contributed by atoms with Gasteiger partial charge in [0.1, 0.15) is 0 Å². The summed E-state index contributed by atoms with van der Waals surface area (Å²) in [7, 11) is 0. The van der Waals surface area contributed by atoms with Gasteiger partial charge in [0.2, 0.25) is 5.91 Å². The van der Waals surface area contributed by atoms with Gasteiger partial charge < -0.3 is 10.2 Å². The van der Waals surface area contributed by atoms with Gasteiger partial charge in [-0.05, 0) is 49.8 Å². The molecule has 108 valence electrons. The van der Waals surface area contributed by atoms with Crippen LogP contribution in [0.2, 0.25) is 0 Å². The molecule has 2 aliphatic rings. The van der Waals surface area contributed by atoms with Gasteiger partial charge >= 0.3 is 0 Å². The van der Waals surface area contributed by atoms with E-state index in [-0.39, 0.29) is 0 Å². The fourth-order valence-corrected chi connectivity index (χ4v) is 3.57. The summed E-state index contributed by atoms with van der Waals surface area (Å²) in [4.78, 5) is 14.4. The number of likely N-dealkylation sites (tertiary alicyclic amines) is 1. The summed E-state index contributed by atoms with van der Waals surface area (Å²) in [6, 6.07) is 10.1. The lowest BCUT2D eigenvalue weighted by Crippen LogP contribution is -2.47. The minimum atomic E-state index is 0.292. The van der Waals surface area contributed by atoms with E-state index in [1.54, 1.807) is 0 Å². The van der Waals surface area contributed by atoms with Crippen LogP contribution < -0.4 is 5.32 Å². The SMILES string of the molecule is O=C(Cc1ccccc1)N1CCC2(CCNCC2)CC1. The molecule has 20 heavy (non-hydrogen) atoms. The predicted octanol–water partition coefficient (Wildman–Crippen LogP) is 2.22. The normalized spacial score (nSPS) is 21.9. The number of carbonyl (C=O) groups is 1. The minimum Gasteiger partial charge on any atom is -0.342 e. The Labute approximate surface area is 121 Å². The molecule has 0 radical (unpaired) electrons. The average Bonchev–Trinajstić information content (AvgIpc) is 2.50. The summed E-state index contributed by atoms with van der Waals surface area (Å²) < 4.78 is 0. The molecule has 0 saturated carbocycles. The molecule has 1 aromatic rings. The lowest BCUT2D eigenvalue weighted by Gasteiger charge is -2.44. The van der Waals surface area contributed by atoms with Crippen LogP contribution in [0.5, 0.6) is 0 Å². The van der Waals surface area contributed by atoms with Crippen molar-refractivity contribution in [3.8, 4) is 0 Å². The van der Waals surface area contributed by atoms with Crippen LogP contribution in [0, 0.1) is 5.41 Å². The maximum Gasteiger partial charge on any atom is 0.226 e. The molecule has 0 aliphatic carbocycles. The zero-order valence-electron chi connectivity index (χ0n) is 12.1. The molecule has 2 heterocycles. The summed E-state index contributed by atoms with van der Waals surface area (Å²) in [6.45, 7) is 4.20. The van der Waals surface area contributed by atoms with E-state index in [1.807, 2.05) is 30.3 Å². The molecule has 3 nitrogen and oxygen atoms in total. The van der Waals surface area contributed by atoms with Crippen LogP contribution in [-0.2, 0) is 11.2 Å². The van der Waals surface area contributed by atoms with Crippen molar-refractivity contribution in [3.05, 3.63) is 35.9 Å². The van der Waals surface area contributed by atoms with Crippen LogP contribution >= 0.6 is 0 Å². The number of carbonyl (C=O) groups excluding carboxylic acids is 1. The molecule has 2 fully saturated rings. The molecular weight excluding hydrogens is 248 g/mol. The van der Waals surface area contributed by atoms with Crippen LogP contribution in [0.3, 0.4) is 0 Å². The highest BCUT2D eigenvalue weighted by molar-refractivity contribution is 5.78. The van der Waals surface area contributed by atoms with Crippen molar-refractivity contribution in [1.82, 2.24) is 10.2 Å². The Hall–Kier alpha value is -1.35. The third-order valence-electron chi connectivity index (χ3n) is 5.04. The fourth-order valence-electron chi connectivity index (χ4n) is 3.57.